The zero-order valence-corrected chi connectivity index (χ0v) is 12.3. The standard InChI is InChI=1S/C17H16ClNO2/c18-13-7-5-12(6-8-13)11-17(20)19-15-9-10-21-16-4-2-1-3-14(15)16/h1-8,15H,9-11H2,(H,19,20). The van der Waals surface area contributed by atoms with E-state index in [9.17, 15) is 4.79 Å². The third-order valence-corrected chi connectivity index (χ3v) is 3.82. The van der Waals surface area contributed by atoms with E-state index in [0.717, 1.165) is 23.3 Å². The molecule has 1 atom stereocenters. The number of nitrogens with one attached hydrogen (secondary N) is 1. The lowest BCUT2D eigenvalue weighted by Gasteiger charge is -2.26. The van der Waals surface area contributed by atoms with E-state index >= 15 is 0 Å². The van der Waals surface area contributed by atoms with Crippen LogP contribution in [-0.2, 0) is 11.2 Å². The highest BCUT2D eigenvalue weighted by atomic mass is 35.5. The van der Waals surface area contributed by atoms with Crippen molar-refractivity contribution in [2.75, 3.05) is 6.61 Å². The molecule has 2 aromatic carbocycles. The Morgan fingerprint density at radius 3 is 2.76 bits per heavy atom. The second kappa shape index (κ2) is 6.19. The van der Waals surface area contributed by atoms with Crippen LogP contribution in [0, 0.1) is 0 Å². The Morgan fingerprint density at radius 2 is 1.95 bits per heavy atom. The van der Waals surface area contributed by atoms with Crippen molar-refractivity contribution in [2.24, 2.45) is 0 Å². The molecule has 0 saturated heterocycles. The molecule has 0 aromatic heterocycles. The predicted molar refractivity (Wildman–Crippen MR) is 82.6 cm³/mol. The first kappa shape index (κ1) is 14.0. The molecule has 108 valence electrons. The van der Waals surface area contributed by atoms with Crippen molar-refractivity contribution in [1.29, 1.82) is 0 Å². The minimum absolute atomic E-state index is 0.0130. The van der Waals surface area contributed by atoms with Crippen molar-refractivity contribution < 1.29 is 9.53 Å². The van der Waals surface area contributed by atoms with Crippen molar-refractivity contribution in [3.05, 3.63) is 64.7 Å². The van der Waals surface area contributed by atoms with E-state index in [1.165, 1.54) is 0 Å². The van der Waals surface area contributed by atoms with Crippen molar-refractivity contribution in [2.45, 2.75) is 18.9 Å². The van der Waals surface area contributed by atoms with Gasteiger partial charge in [-0.3, -0.25) is 4.79 Å². The van der Waals surface area contributed by atoms with E-state index in [1.54, 1.807) is 12.1 Å². The van der Waals surface area contributed by atoms with Gasteiger partial charge in [-0.15, -0.1) is 0 Å². The highest BCUT2D eigenvalue weighted by Gasteiger charge is 2.22. The summed E-state index contributed by atoms with van der Waals surface area (Å²) >= 11 is 5.85. The molecule has 0 spiro atoms. The maximum atomic E-state index is 12.2. The molecule has 1 aliphatic heterocycles. The van der Waals surface area contributed by atoms with Gasteiger partial charge in [0.2, 0.25) is 5.91 Å². The van der Waals surface area contributed by atoms with Crippen LogP contribution in [-0.4, -0.2) is 12.5 Å². The fraction of sp³-hybridized carbons (Fsp3) is 0.235. The third kappa shape index (κ3) is 3.37. The lowest BCUT2D eigenvalue weighted by molar-refractivity contribution is -0.121. The Balaban J connectivity index is 1.67. The number of carbonyl (C=O) groups is 1. The molecule has 1 aliphatic rings. The highest BCUT2D eigenvalue weighted by Crippen LogP contribution is 2.31. The van der Waals surface area contributed by atoms with Crippen LogP contribution < -0.4 is 10.1 Å². The summed E-state index contributed by atoms with van der Waals surface area (Å²) in [5, 5.41) is 3.76. The minimum atomic E-state index is 0.0130. The van der Waals surface area contributed by atoms with Gasteiger partial charge in [0.15, 0.2) is 0 Å². The minimum Gasteiger partial charge on any atom is -0.493 e. The Hall–Kier alpha value is -2.00. The molecule has 3 nitrogen and oxygen atoms in total. The smallest absolute Gasteiger partial charge is 0.224 e. The zero-order valence-electron chi connectivity index (χ0n) is 11.5. The van der Waals surface area contributed by atoms with Crippen LogP contribution in [0.4, 0.5) is 0 Å². The van der Waals surface area contributed by atoms with Crippen molar-refractivity contribution in [3.63, 3.8) is 0 Å². The lowest BCUT2D eigenvalue weighted by atomic mass is 10.00. The molecule has 3 rings (SSSR count). The normalized spacial score (nSPS) is 16.7. The first-order chi connectivity index (χ1) is 10.2. The maximum Gasteiger partial charge on any atom is 0.224 e. The van der Waals surface area contributed by atoms with Crippen LogP contribution in [0.3, 0.4) is 0 Å². The van der Waals surface area contributed by atoms with Crippen LogP contribution in [0.2, 0.25) is 5.02 Å². The molecule has 21 heavy (non-hydrogen) atoms. The van der Waals surface area contributed by atoms with Gasteiger partial charge < -0.3 is 10.1 Å². The van der Waals surface area contributed by atoms with Crippen molar-refractivity contribution in [1.82, 2.24) is 5.32 Å². The Labute approximate surface area is 128 Å². The summed E-state index contributed by atoms with van der Waals surface area (Å²) in [4.78, 5) is 12.2. The number of amides is 1. The zero-order chi connectivity index (χ0) is 14.7. The summed E-state index contributed by atoms with van der Waals surface area (Å²) in [5.41, 5.74) is 2.01. The monoisotopic (exact) mass is 301 g/mol. The van der Waals surface area contributed by atoms with Crippen LogP contribution in [0.5, 0.6) is 5.75 Å². The fourth-order valence-corrected chi connectivity index (χ4v) is 2.65. The molecule has 1 amide bonds. The van der Waals surface area contributed by atoms with E-state index in [-0.39, 0.29) is 11.9 Å². The van der Waals surface area contributed by atoms with Gasteiger partial charge in [0.05, 0.1) is 19.1 Å². The molecular weight excluding hydrogens is 286 g/mol. The van der Waals surface area contributed by atoms with Crippen LogP contribution >= 0.6 is 11.6 Å². The SMILES string of the molecule is O=C(Cc1ccc(Cl)cc1)NC1CCOc2ccccc21. The number of carbonyl (C=O) groups excluding carboxylic acids is 1. The number of rotatable bonds is 3. The van der Waals surface area contributed by atoms with Gasteiger partial charge in [-0.25, -0.2) is 0 Å². The third-order valence-electron chi connectivity index (χ3n) is 3.57. The van der Waals surface area contributed by atoms with Gasteiger partial charge in [-0.1, -0.05) is 41.9 Å². The molecule has 0 radical (unpaired) electrons. The van der Waals surface area contributed by atoms with Gasteiger partial charge in [0.1, 0.15) is 5.75 Å². The summed E-state index contributed by atoms with van der Waals surface area (Å²) in [6, 6.07) is 15.2. The molecule has 4 heteroatoms. The maximum absolute atomic E-state index is 12.2. The van der Waals surface area contributed by atoms with Gasteiger partial charge in [-0.2, -0.15) is 0 Å². The molecule has 1 N–H and O–H groups in total. The summed E-state index contributed by atoms with van der Waals surface area (Å²) in [6.45, 7) is 0.628. The number of halogens is 1. The lowest BCUT2D eigenvalue weighted by Crippen LogP contribution is -2.33. The van der Waals surface area contributed by atoms with E-state index in [1.807, 2.05) is 36.4 Å². The number of ether oxygens (including phenoxy) is 1. The average Bonchev–Trinajstić information content (AvgIpc) is 2.50. The second-order valence-corrected chi connectivity index (χ2v) is 5.53. The van der Waals surface area contributed by atoms with Crippen LogP contribution in [0.25, 0.3) is 0 Å². The summed E-state index contributed by atoms with van der Waals surface area (Å²) in [5.74, 6) is 0.875. The molecule has 0 fully saturated rings. The number of fused-ring (bicyclic) bond motifs is 1. The average molecular weight is 302 g/mol. The molecule has 1 heterocycles. The molecule has 0 saturated carbocycles. The summed E-state index contributed by atoms with van der Waals surface area (Å²) in [6.07, 6.45) is 1.15. The van der Waals surface area contributed by atoms with Crippen molar-refractivity contribution in [3.8, 4) is 5.75 Å². The molecule has 1 unspecified atom stereocenters. The van der Waals surface area contributed by atoms with Gasteiger partial charge in [0, 0.05) is 17.0 Å². The summed E-state index contributed by atoms with van der Waals surface area (Å²) in [7, 11) is 0. The molecule has 0 bridgehead atoms. The quantitative estimate of drug-likeness (QED) is 0.942. The Kier molecular flexibility index (Phi) is 4.11. The van der Waals surface area contributed by atoms with Gasteiger partial charge in [-0.05, 0) is 23.8 Å². The Morgan fingerprint density at radius 1 is 1.19 bits per heavy atom. The van der Waals surface area contributed by atoms with Crippen molar-refractivity contribution >= 4 is 17.5 Å². The Bertz CT molecular complexity index is 639. The second-order valence-electron chi connectivity index (χ2n) is 5.10. The van der Waals surface area contributed by atoms with Crippen LogP contribution in [0.1, 0.15) is 23.6 Å². The van der Waals surface area contributed by atoms with E-state index < -0.39 is 0 Å². The van der Waals surface area contributed by atoms with E-state index in [0.29, 0.717) is 18.1 Å². The number of para-hydroxylation sites is 1. The van der Waals surface area contributed by atoms with E-state index in [4.69, 9.17) is 16.3 Å². The van der Waals surface area contributed by atoms with Gasteiger partial charge in [0.25, 0.3) is 0 Å². The number of benzene rings is 2. The molecule has 2 aromatic rings. The number of hydrogen-bond donors (Lipinski definition) is 1. The number of hydrogen-bond acceptors (Lipinski definition) is 2. The molecular formula is C17H16ClNO2. The topological polar surface area (TPSA) is 38.3 Å². The fourth-order valence-electron chi connectivity index (χ4n) is 2.53. The predicted octanol–water partition coefficient (Wildman–Crippen LogP) is 3.52. The van der Waals surface area contributed by atoms with E-state index in [2.05, 4.69) is 5.32 Å². The molecule has 0 aliphatic carbocycles. The van der Waals surface area contributed by atoms with Gasteiger partial charge >= 0.3 is 0 Å². The summed E-state index contributed by atoms with van der Waals surface area (Å²) < 4.78 is 5.60. The first-order valence-electron chi connectivity index (χ1n) is 6.98. The highest BCUT2D eigenvalue weighted by molar-refractivity contribution is 6.30. The largest absolute Gasteiger partial charge is 0.493 e. The van der Waals surface area contributed by atoms with Crippen LogP contribution in [0.15, 0.2) is 48.5 Å². The first-order valence-corrected chi connectivity index (χ1v) is 7.36.